The smallest absolute Gasteiger partial charge is 0.343 e. The Morgan fingerprint density at radius 3 is 2.56 bits per heavy atom. The first-order valence-corrected chi connectivity index (χ1v) is 4.98. The van der Waals surface area contributed by atoms with Gasteiger partial charge in [0.25, 0.3) is 0 Å². The Bertz CT molecular complexity index is 494. The normalized spacial score (nSPS) is 9.81. The van der Waals surface area contributed by atoms with E-state index in [0.717, 1.165) is 0 Å². The number of benzene rings is 1. The minimum atomic E-state index is -0.341. The molecule has 2 rings (SSSR count). The SMILES string of the molecule is C[n+]1cccc(OC(=O)c2ccccc2)c1. The predicted octanol–water partition coefficient (Wildman–Crippen LogP) is 1.73. The van der Waals surface area contributed by atoms with Gasteiger partial charge in [-0.2, -0.15) is 0 Å². The second kappa shape index (κ2) is 4.57. The fourth-order valence-electron chi connectivity index (χ4n) is 1.36. The van der Waals surface area contributed by atoms with Crippen LogP contribution in [-0.4, -0.2) is 5.97 Å². The number of pyridine rings is 1. The van der Waals surface area contributed by atoms with Crippen molar-refractivity contribution < 1.29 is 14.1 Å². The van der Waals surface area contributed by atoms with E-state index in [9.17, 15) is 4.79 Å². The fraction of sp³-hybridized carbons (Fsp3) is 0.0769. The number of rotatable bonds is 2. The first-order valence-electron chi connectivity index (χ1n) is 4.98. The Labute approximate surface area is 93.9 Å². The molecule has 80 valence electrons. The van der Waals surface area contributed by atoms with Crippen LogP contribution in [-0.2, 0) is 7.05 Å². The van der Waals surface area contributed by atoms with Gasteiger partial charge in [-0.1, -0.05) is 18.2 Å². The van der Waals surface area contributed by atoms with E-state index in [4.69, 9.17) is 4.74 Å². The summed E-state index contributed by atoms with van der Waals surface area (Å²) in [5, 5.41) is 0. The average molecular weight is 214 g/mol. The summed E-state index contributed by atoms with van der Waals surface area (Å²) >= 11 is 0. The zero-order valence-electron chi connectivity index (χ0n) is 8.96. The van der Waals surface area contributed by atoms with Crippen molar-refractivity contribution in [3.05, 3.63) is 60.4 Å². The molecule has 0 radical (unpaired) electrons. The summed E-state index contributed by atoms with van der Waals surface area (Å²) in [5.41, 5.74) is 0.550. The van der Waals surface area contributed by atoms with Gasteiger partial charge >= 0.3 is 5.97 Å². The maximum atomic E-state index is 11.7. The van der Waals surface area contributed by atoms with Gasteiger partial charge < -0.3 is 4.74 Å². The van der Waals surface area contributed by atoms with Crippen molar-refractivity contribution in [2.45, 2.75) is 0 Å². The van der Waals surface area contributed by atoms with E-state index in [1.165, 1.54) is 0 Å². The van der Waals surface area contributed by atoms with Crippen LogP contribution in [0.25, 0.3) is 0 Å². The third-order valence-corrected chi connectivity index (χ3v) is 2.13. The molecule has 3 nitrogen and oxygen atoms in total. The Balaban J connectivity index is 2.14. The number of esters is 1. The van der Waals surface area contributed by atoms with Crippen LogP contribution in [0.4, 0.5) is 0 Å². The van der Waals surface area contributed by atoms with Crippen LogP contribution in [0.15, 0.2) is 54.9 Å². The van der Waals surface area contributed by atoms with Gasteiger partial charge in [0, 0.05) is 6.07 Å². The molecule has 0 aliphatic carbocycles. The second-order valence-electron chi connectivity index (χ2n) is 3.46. The number of carbonyl (C=O) groups excluding carboxylic acids is 1. The highest BCUT2D eigenvalue weighted by Gasteiger charge is 2.09. The minimum absolute atomic E-state index is 0.341. The average Bonchev–Trinajstić information content (AvgIpc) is 2.30. The molecule has 16 heavy (non-hydrogen) atoms. The monoisotopic (exact) mass is 214 g/mol. The van der Waals surface area contributed by atoms with Crippen LogP contribution in [0.2, 0.25) is 0 Å². The molecule has 0 amide bonds. The quantitative estimate of drug-likeness (QED) is 0.563. The molecule has 0 bridgehead atoms. The van der Waals surface area contributed by atoms with Crippen LogP contribution in [0.1, 0.15) is 10.4 Å². The Kier molecular flexibility index (Phi) is 2.96. The van der Waals surface area contributed by atoms with Crippen molar-refractivity contribution in [3.63, 3.8) is 0 Å². The van der Waals surface area contributed by atoms with Crippen LogP contribution < -0.4 is 9.30 Å². The third-order valence-electron chi connectivity index (χ3n) is 2.13. The highest BCUT2D eigenvalue weighted by Crippen LogP contribution is 2.09. The maximum Gasteiger partial charge on any atom is 0.343 e. The molecule has 0 aliphatic heterocycles. The molecule has 0 N–H and O–H groups in total. The zero-order valence-corrected chi connectivity index (χ0v) is 8.96. The van der Waals surface area contributed by atoms with E-state index in [1.807, 2.05) is 42.1 Å². The molecule has 0 unspecified atom stereocenters. The molecule has 3 heteroatoms. The van der Waals surface area contributed by atoms with E-state index < -0.39 is 0 Å². The number of nitrogens with zero attached hydrogens (tertiary/aromatic N) is 1. The van der Waals surface area contributed by atoms with E-state index in [2.05, 4.69) is 0 Å². The summed E-state index contributed by atoms with van der Waals surface area (Å²) in [6, 6.07) is 12.5. The van der Waals surface area contributed by atoms with Crippen LogP contribution in [0.3, 0.4) is 0 Å². The minimum Gasteiger partial charge on any atom is -0.417 e. The maximum absolute atomic E-state index is 11.7. The number of aromatic nitrogens is 1. The molecule has 1 aromatic carbocycles. The standard InChI is InChI=1S/C13H12NO2/c1-14-9-5-8-12(10-14)16-13(15)11-6-3-2-4-7-11/h2-10H,1H3/q+1. The highest BCUT2D eigenvalue weighted by molar-refractivity contribution is 5.90. The first-order chi connectivity index (χ1) is 7.75. The van der Waals surface area contributed by atoms with Crippen molar-refractivity contribution in [3.8, 4) is 5.75 Å². The second-order valence-corrected chi connectivity index (χ2v) is 3.46. The molecule has 2 aromatic rings. The van der Waals surface area contributed by atoms with Crippen LogP contribution >= 0.6 is 0 Å². The molecule has 0 saturated carbocycles. The molecule has 1 aromatic heterocycles. The number of carbonyl (C=O) groups is 1. The molecule has 0 spiro atoms. The van der Waals surface area contributed by atoms with Crippen molar-refractivity contribution in [2.24, 2.45) is 7.05 Å². The molecule has 0 aliphatic rings. The molecule has 1 heterocycles. The van der Waals surface area contributed by atoms with E-state index in [1.54, 1.807) is 24.4 Å². The van der Waals surface area contributed by atoms with Gasteiger partial charge in [-0.15, -0.1) is 0 Å². The molecular weight excluding hydrogens is 202 g/mol. The van der Waals surface area contributed by atoms with Gasteiger partial charge in [-0.25, -0.2) is 9.36 Å². The van der Waals surface area contributed by atoms with Crippen LogP contribution in [0, 0.1) is 0 Å². The number of ether oxygens (including phenoxy) is 1. The summed E-state index contributed by atoms with van der Waals surface area (Å²) in [4.78, 5) is 11.7. The number of aryl methyl sites for hydroxylation is 1. The first kappa shape index (κ1) is 10.4. The largest absolute Gasteiger partial charge is 0.417 e. The van der Waals surface area contributed by atoms with Gasteiger partial charge in [-0.3, -0.25) is 0 Å². The third kappa shape index (κ3) is 2.45. The van der Waals surface area contributed by atoms with E-state index >= 15 is 0 Å². The summed E-state index contributed by atoms with van der Waals surface area (Å²) in [6.45, 7) is 0. The lowest BCUT2D eigenvalue weighted by Gasteiger charge is -2.01. The molecule has 0 fully saturated rings. The fourth-order valence-corrected chi connectivity index (χ4v) is 1.36. The van der Waals surface area contributed by atoms with Gasteiger partial charge in [0.15, 0.2) is 11.9 Å². The summed E-state index contributed by atoms with van der Waals surface area (Å²) < 4.78 is 7.05. The van der Waals surface area contributed by atoms with Crippen molar-refractivity contribution in [1.29, 1.82) is 0 Å². The lowest BCUT2D eigenvalue weighted by molar-refractivity contribution is -0.671. The van der Waals surface area contributed by atoms with Gasteiger partial charge in [0.05, 0.1) is 5.56 Å². The topological polar surface area (TPSA) is 30.2 Å². The zero-order chi connectivity index (χ0) is 11.4. The summed E-state index contributed by atoms with van der Waals surface area (Å²) in [6.07, 6.45) is 3.63. The van der Waals surface area contributed by atoms with Crippen LogP contribution in [0.5, 0.6) is 5.75 Å². The Morgan fingerprint density at radius 2 is 1.88 bits per heavy atom. The lowest BCUT2D eigenvalue weighted by Crippen LogP contribution is -2.26. The van der Waals surface area contributed by atoms with Gasteiger partial charge in [0.2, 0.25) is 6.20 Å². The molecular formula is C13H12NO2+. The van der Waals surface area contributed by atoms with E-state index in [-0.39, 0.29) is 5.97 Å². The van der Waals surface area contributed by atoms with E-state index in [0.29, 0.717) is 11.3 Å². The van der Waals surface area contributed by atoms with Gasteiger partial charge in [-0.05, 0) is 18.2 Å². The summed E-state index contributed by atoms with van der Waals surface area (Å²) in [5.74, 6) is 0.200. The number of hydrogen-bond donors (Lipinski definition) is 0. The highest BCUT2D eigenvalue weighted by atomic mass is 16.5. The van der Waals surface area contributed by atoms with Crippen molar-refractivity contribution >= 4 is 5.97 Å². The number of hydrogen-bond acceptors (Lipinski definition) is 2. The predicted molar refractivity (Wildman–Crippen MR) is 59.0 cm³/mol. The van der Waals surface area contributed by atoms with Crippen molar-refractivity contribution in [1.82, 2.24) is 0 Å². The Morgan fingerprint density at radius 1 is 1.12 bits per heavy atom. The van der Waals surface area contributed by atoms with Gasteiger partial charge in [0.1, 0.15) is 7.05 Å². The molecule has 0 saturated heterocycles. The summed E-state index contributed by atoms with van der Waals surface area (Å²) in [7, 11) is 1.87. The lowest BCUT2D eigenvalue weighted by atomic mass is 10.2. The Hall–Kier alpha value is -2.16. The molecule has 0 atom stereocenters. The van der Waals surface area contributed by atoms with Crippen molar-refractivity contribution in [2.75, 3.05) is 0 Å².